The minimum atomic E-state index is 0.900. The van der Waals surface area contributed by atoms with Crippen molar-refractivity contribution in [2.45, 2.75) is 0 Å². The number of hydrogen-bond acceptors (Lipinski definition) is 4. The maximum absolute atomic E-state index is 5.41. The van der Waals surface area contributed by atoms with Gasteiger partial charge >= 0.3 is 0 Å². The molecule has 0 unspecified atom stereocenters. The van der Waals surface area contributed by atoms with Crippen molar-refractivity contribution in [1.82, 2.24) is 9.97 Å². The van der Waals surface area contributed by atoms with Crippen molar-refractivity contribution >= 4 is 66.4 Å². The van der Waals surface area contributed by atoms with Crippen molar-refractivity contribution in [1.29, 1.82) is 0 Å². The van der Waals surface area contributed by atoms with Gasteiger partial charge in [0, 0.05) is 44.8 Å². The summed E-state index contributed by atoms with van der Waals surface area (Å²) in [4.78, 5) is 15.6. The van der Waals surface area contributed by atoms with E-state index in [9.17, 15) is 0 Å². The van der Waals surface area contributed by atoms with E-state index in [4.69, 9.17) is 9.97 Å². The molecule has 0 aliphatic heterocycles. The molecule has 14 aromatic carbocycles. The number of benzene rings is 14. The van der Waals surface area contributed by atoms with Crippen molar-refractivity contribution in [3.63, 3.8) is 0 Å². The summed E-state index contributed by atoms with van der Waals surface area (Å²) >= 11 is 0. The van der Waals surface area contributed by atoms with E-state index in [1.54, 1.807) is 0 Å². The van der Waals surface area contributed by atoms with Crippen LogP contribution in [0.25, 0.3) is 122 Å². The Morgan fingerprint density at radius 3 is 0.767 bits per heavy atom. The van der Waals surface area contributed by atoms with Crippen molar-refractivity contribution in [2.24, 2.45) is 0 Å². The van der Waals surface area contributed by atoms with Crippen LogP contribution in [-0.4, -0.2) is 9.97 Å². The Labute approximate surface area is 524 Å². The standard InChI is InChI=1S/C86H58N4/c1-9-25-59(26-10-1)67-53-77(61-29-13-3-14-30-61)85(78(54-67)62-31-15-4-16-32-62)89(69-37-21-7-22-38-69)71-45-51-81(87-57-71)73-47-41-65-44-50-76-74(48-42-66-43-49-75(73)83(65)84(66)76)82-52-46-72(58-88-82)90(70-39-23-8-24-40-70)86-79(63-33-17-5-18-34-63)55-68(60-27-11-2-12-28-60)56-80(86)64-35-19-6-20-36-64/h1-58H. The lowest BCUT2D eigenvalue weighted by Gasteiger charge is -2.31. The van der Waals surface area contributed by atoms with E-state index in [1.165, 1.54) is 21.5 Å². The van der Waals surface area contributed by atoms with E-state index in [1.807, 2.05) is 12.4 Å². The molecule has 0 radical (unpaired) electrons. The molecule has 4 heteroatoms. The first-order valence-corrected chi connectivity index (χ1v) is 30.7. The molecule has 16 rings (SSSR count). The van der Waals surface area contributed by atoms with Crippen LogP contribution >= 0.6 is 0 Å². The fraction of sp³-hybridized carbons (Fsp3) is 0. The maximum Gasteiger partial charge on any atom is 0.0709 e. The Morgan fingerprint density at radius 2 is 0.478 bits per heavy atom. The zero-order valence-corrected chi connectivity index (χ0v) is 49.3. The summed E-state index contributed by atoms with van der Waals surface area (Å²) in [5, 5.41) is 7.10. The first-order chi connectivity index (χ1) is 44.7. The number of nitrogens with zero attached hydrogens (tertiary/aromatic N) is 4. The molecule has 0 amide bonds. The Hall–Kier alpha value is -12.0. The first kappa shape index (κ1) is 53.5. The molecule has 90 heavy (non-hydrogen) atoms. The average Bonchev–Trinajstić information content (AvgIpc) is 0.787. The fourth-order valence-corrected chi connectivity index (χ4v) is 13.3. The van der Waals surface area contributed by atoms with Crippen LogP contribution in [0.4, 0.5) is 34.1 Å². The highest BCUT2D eigenvalue weighted by Gasteiger charge is 2.27. The number of aromatic nitrogens is 2. The highest BCUT2D eigenvalue weighted by Crippen LogP contribution is 2.52. The van der Waals surface area contributed by atoms with Crippen molar-refractivity contribution in [3.05, 3.63) is 352 Å². The van der Waals surface area contributed by atoms with E-state index >= 15 is 0 Å². The third-order valence-electron chi connectivity index (χ3n) is 17.5. The van der Waals surface area contributed by atoms with E-state index in [2.05, 4.69) is 350 Å². The summed E-state index contributed by atoms with van der Waals surface area (Å²) in [6.07, 6.45) is 4.10. The quantitative estimate of drug-likeness (QED) is 0.102. The number of para-hydroxylation sites is 2. The zero-order chi connectivity index (χ0) is 59.7. The molecule has 2 heterocycles. The van der Waals surface area contributed by atoms with E-state index < -0.39 is 0 Å². The summed E-state index contributed by atoms with van der Waals surface area (Å²) < 4.78 is 0. The molecule has 422 valence electrons. The van der Waals surface area contributed by atoms with Crippen LogP contribution in [0.5, 0.6) is 0 Å². The van der Waals surface area contributed by atoms with Gasteiger partial charge in [-0.05, 0) is 150 Å². The van der Waals surface area contributed by atoms with Crippen LogP contribution in [0.1, 0.15) is 0 Å². The van der Waals surface area contributed by atoms with Crippen LogP contribution in [0.2, 0.25) is 0 Å². The molecule has 16 aromatic rings. The van der Waals surface area contributed by atoms with E-state index in [0.29, 0.717) is 0 Å². The van der Waals surface area contributed by atoms with Crippen LogP contribution in [0.15, 0.2) is 352 Å². The predicted molar refractivity (Wildman–Crippen MR) is 379 cm³/mol. The Kier molecular flexibility index (Phi) is 13.9. The lowest BCUT2D eigenvalue weighted by atomic mass is 9.88. The van der Waals surface area contributed by atoms with Gasteiger partial charge in [0.2, 0.25) is 0 Å². The molecule has 0 saturated heterocycles. The zero-order valence-electron chi connectivity index (χ0n) is 49.3. The molecule has 4 nitrogen and oxygen atoms in total. The van der Waals surface area contributed by atoms with Gasteiger partial charge in [-0.3, -0.25) is 9.97 Å². The Balaban J connectivity index is 0.809. The second-order valence-corrected chi connectivity index (χ2v) is 22.8. The fourth-order valence-electron chi connectivity index (χ4n) is 13.3. The molecule has 0 atom stereocenters. The Bertz CT molecular complexity index is 4710. The minimum Gasteiger partial charge on any atom is -0.308 e. The van der Waals surface area contributed by atoms with Crippen LogP contribution in [0, 0.1) is 0 Å². The maximum atomic E-state index is 5.41. The van der Waals surface area contributed by atoms with Gasteiger partial charge in [-0.2, -0.15) is 0 Å². The lowest BCUT2D eigenvalue weighted by Crippen LogP contribution is -2.13. The molecule has 0 aliphatic carbocycles. The smallest absolute Gasteiger partial charge is 0.0709 e. The van der Waals surface area contributed by atoms with Crippen molar-refractivity contribution < 1.29 is 0 Å². The topological polar surface area (TPSA) is 32.3 Å². The van der Waals surface area contributed by atoms with Gasteiger partial charge in [0.05, 0.1) is 46.5 Å². The highest BCUT2D eigenvalue weighted by atomic mass is 15.2. The summed E-state index contributed by atoms with van der Waals surface area (Å²) in [6.45, 7) is 0. The third-order valence-corrected chi connectivity index (χ3v) is 17.5. The molecular formula is C86H58N4. The van der Waals surface area contributed by atoms with Crippen LogP contribution in [0.3, 0.4) is 0 Å². The lowest BCUT2D eigenvalue weighted by molar-refractivity contribution is 1.23. The number of anilines is 6. The minimum absolute atomic E-state index is 0.900. The molecule has 0 bridgehead atoms. The second-order valence-electron chi connectivity index (χ2n) is 22.8. The molecule has 0 N–H and O–H groups in total. The van der Waals surface area contributed by atoms with Gasteiger partial charge in [0.1, 0.15) is 0 Å². The second kappa shape index (κ2) is 23.4. The van der Waals surface area contributed by atoms with Gasteiger partial charge in [-0.1, -0.05) is 267 Å². The predicted octanol–water partition coefficient (Wildman–Crippen LogP) is 23.6. The average molecular weight is 1150 g/mol. The summed E-state index contributed by atoms with van der Waals surface area (Å²) in [5.41, 5.74) is 23.7. The highest BCUT2D eigenvalue weighted by molar-refractivity contribution is 6.27. The number of hydrogen-bond donors (Lipinski definition) is 0. The molecule has 0 saturated carbocycles. The summed E-state index contributed by atoms with van der Waals surface area (Å²) in [5.74, 6) is 0. The van der Waals surface area contributed by atoms with Gasteiger partial charge < -0.3 is 9.80 Å². The summed E-state index contributed by atoms with van der Waals surface area (Å²) in [7, 11) is 0. The Morgan fingerprint density at radius 1 is 0.200 bits per heavy atom. The first-order valence-electron chi connectivity index (χ1n) is 30.7. The number of rotatable bonds is 14. The van der Waals surface area contributed by atoms with Crippen LogP contribution < -0.4 is 9.80 Å². The number of pyridine rings is 2. The summed E-state index contributed by atoms with van der Waals surface area (Å²) in [6, 6.07) is 122. The van der Waals surface area contributed by atoms with Crippen LogP contribution in [-0.2, 0) is 0 Å². The molecule has 0 aliphatic rings. The normalized spacial score (nSPS) is 11.3. The molecule has 0 spiro atoms. The monoisotopic (exact) mass is 1150 g/mol. The van der Waals surface area contributed by atoms with Gasteiger partial charge in [-0.15, -0.1) is 0 Å². The van der Waals surface area contributed by atoms with Crippen molar-refractivity contribution in [3.8, 4) is 89.3 Å². The molecule has 0 fully saturated rings. The van der Waals surface area contributed by atoms with Gasteiger partial charge in [0.25, 0.3) is 0 Å². The third kappa shape index (κ3) is 9.89. The van der Waals surface area contributed by atoms with Gasteiger partial charge in [0.15, 0.2) is 0 Å². The molecular weight excluding hydrogens is 1090 g/mol. The van der Waals surface area contributed by atoms with Gasteiger partial charge in [-0.25, -0.2) is 0 Å². The van der Waals surface area contributed by atoms with E-state index in [0.717, 1.165) is 134 Å². The largest absolute Gasteiger partial charge is 0.308 e. The van der Waals surface area contributed by atoms with E-state index in [-0.39, 0.29) is 0 Å². The van der Waals surface area contributed by atoms with Crippen molar-refractivity contribution in [2.75, 3.05) is 9.80 Å². The molecule has 2 aromatic heterocycles. The SMILES string of the molecule is c1ccc(-c2cc(-c3ccccc3)c(N(c3ccccc3)c3ccc(-c4ccc5ccc6c(-c7ccc(N(c8ccccc8)c8c(-c9ccccc9)cc(-c9ccccc9)cc8-c8ccccc8)cn7)ccc7ccc4c5c76)nc3)c(-c3ccccc3)c2)cc1.